The van der Waals surface area contributed by atoms with Gasteiger partial charge in [0.2, 0.25) is 0 Å². The summed E-state index contributed by atoms with van der Waals surface area (Å²) in [5, 5.41) is 0.772. The van der Waals surface area contributed by atoms with Crippen molar-refractivity contribution in [3.8, 4) is 0 Å². The van der Waals surface area contributed by atoms with Gasteiger partial charge in [0.25, 0.3) is 0 Å². The second-order valence-corrected chi connectivity index (χ2v) is 7.10. The molecule has 2 nitrogen and oxygen atoms in total. The standard InChI is InChI=1S/C16H25ClN2/c1-16(2,3)12-5-4-9-19(10-8-12)15-7-6-13(18)11-14(15)17/h6-7,11-12H,4-5,8-10,18H2,1-3H3. The molecule has 0 amide bonds. The van der Waals surface area contributed by atoms with Gasteiger partial charge in [0.05, 0.1) is 10.7 Å². The fraction of sp³-hybridized carbons (Fsp3) is 0.625. The smallest absolute Gasteiger partial charge is 0.0660 e. The van der Waals surface area contributed by atoms with Gasteiger partial charge in [0, 0.05) is 18.8 Å². The number of rotatable bonds is 1. The highest BCUT2D eigenvalue weighted by Gasteiger charge is 2.27. The van der Waals surface area contributed by atoms with E-state index in [2.05, 4.69) is 31.7 Å². The van der Waals surface area contributed by atoms with E-state index in [1.165, 1.54) is 19.3 Å². The van der Waals surface area contributed by atoms with E-state index in [0.717, 1.165) is 35.4 Å². The fourth-order valence-electron chi connectivity index (χ4n) is 2.98. The van der Waals surface area contributed by atoms with Crippen LogP contribution in [0.2, 0.25) is 5.02 Å². The van der Waals surface area contributed by atoms with Gasteiger partial charge in [0.15, 0.2) is 0 Å². The molecule has 1 aromatic carbocycles. The molecule has 2 rings (SSSR count). The van der Waals surface area contributed by atoms with Gasteiger partial charge in [-0.1, -0.05) is 32.4 Å². The summed E-state index contributed by atoms with van der Waals surface area (Å²) in [4.78, 5) is 2.41. The van der Waals surface area contributed by atoms with Crippen LogP contribution < -0.4 is 10.6 Å². The van der Waals surface area contributed by atoms with Gasteiger partial charge in [-0.2, -0.15) is 0 Å². The molecule has 19 heavy (non-hydrogen) atoms. The molecule has 1 unspecified atom stereocenters. The van der Waals surface area contributed by atoms with Crippen LogP contribution in [0.15, 0.2) is 18.2 Å². The molecule has 0 radical (unpaired) electrons. The number of benzene rings is 1. The van der Waals surface area contributed by atoms with Crippen LogP contribution in [-0.4, -0.2) is 13.1 Å². The van der Waals surface area contributed by atoms with E-state index >= 15 is 0 Å². The van der Waals surface area contributed by atoms with Gasteiger partial charge < -0.3 is 10.6 Å². The minimum atomic E-state index is 0.404. The van der Waals surface area contributed by atoms with E-state index in [9.17, 15) is 0 Å². The molecule has 1 aliphatic rings. The zero-order valence-corrected chi connectivity index (χ0v) is 13.0. The van der Waals surface area contributed by atoms with Crippen LogP contribution in [0, 0.1) is 11.3 Å². The molecule has 1 aromatic rings. The van der Waals surface area contributed by atoms with Crippen LogP contribution in [0.3, 0.4) is 0 Å². The molecule has 0 saturated carbocycles. The zero-order valence-electron chi connectivity index (χ0n) is 12.2. The number of nitrogens with zero attached hydrogens (tertiary/aromatic N) is 1. The predicted octanol–water partition coefficient (Wildman–Crippen LogP) is 4.57. The molecule has 1 saturated heterocycles. The average molecular weight is 281 g/mol. The van der Waals surface area contributed by atoms with Crippen molar-refractivity contribution in [2.45, 2.75) is 40.0 Å². The third kappa shape index (κ3) is 3.56. The van der Waals surface area contributed by atoms with E-state index in [4.69, 9.17) is 17.3 Å². The zero-order chi connectivity index (χ0) is 14.0. The number of halogens is 1. The lowest BCUT2D eigenvalue weighted by Gasteiger charge is -2.30. The summed E-state index contributed by atoms with van der Waals surface area (Å²) in [5.41, 5.74) is 8.03. The van der Waals surface area contributed by atoms with Gasteiger partial charge in [-0.05, 0) is 48.8 Å². The first-order chi connectivity index (χ1) is 8.88. The monoisotopic (exact) mass is 280 g/mol. The van der Waals surface area contributed by atoms with Crippen LogP contribution in [0.5, 0.6) is 0 Å². The number of anilines is 2. The molecule has 106 valence electrons. The highest BCUT2D eigenvalue weighted by molar-refractivity contribution is 6.33. The Morgan fingerprint density at radius 2 is 1.95 bits per heavy atom. The van der Waals surface area contributed by atoms with Crippen LogP contribution >= 0.6 is 11.6 Å². The normalized spacial score (nSPS) is 21.3. The van der Waals surface area contributed by atoms with Gasteiger partial charge in [0.1, 0.15) is 0 Å². The second kappa shape index (κ2) is 5.62. The second-order valence-electron chi connectivity index (χ2n) is 6.69. The summed E-state index contributed by atoms with van der Waals surface area (Å²) >= 11 is 6.32. The van der Waals surface area contributed by atoms with Crippen molar-refractivity contribution < 1.29 is 0 Å². The van der Waals surface area contributed by atoms with Crippen molar-refractivity contribution in [3.05, 3.63) is 23.2 Å². The van der Waals surface area contributed by atoms with Crippen molar-refractivity contribution in [2.75, 3.05) is 23.7 Å². The molecule has 1 aliphatic heterocycles. The van der Waals surface area contributed by atoms with Gasteiger partial charge in [-0.25, -0.2) is 0 Å². The molecule has 1 heterocycles. The first-order valence-electron chi connectivity index (χ1n) is 7.18. The Bertz CT molecular complexity index is 437. The maximum absolute atomic E-state index is 6.32. The first kappa shape index (κ1) is 14.5. The predicted molar refractivity (Wildman–Crippen MR) is 84.9 cm³/mol. The van der Waals surface area contributed by atoms with Crippen molar-refractivity contribution in [3.63, 3.8) is 0 Å². The summed E-state index contributed by atoms with van der Waals surface area (Å²) in [6.45, 7) is 9.23. The molecule has 3 heteroatoms. The first-order valence-corrected chi connectivity index (χ1v) is 7.55. The lowest BCUT2D eigenvalue weighted by Crippen LogP contribution is -2.26. The Balaban J connectivity index is 2.11. The molecule has 0 spiro atoms. The molecular weight excluding hydrogens is 256 g/mol. The van der Waals surface area contributed by atoms with Crippen molar-refractivity contribution in [1.29, 1.82) is 0 Å². The van der Waals surface area contributed by atoms with Crippen molar-refractivity contribution in [1.82, 2.24) is 0 Å². The van der Waals surface area contributed by atoms with E-state index in [1.54, 1.807) is 0 Å². The quantitative estimate of drug-likeness (QED) is 0.763. The maximum Gasteiger partial charge on any atom is 0.0660 e. The number of nitrogen functional groups attached to an aromatic ring is 1. The lowest BCUT2D eigenvalue weighted by molar-refractivity contribution is 0.220. The van der Waals surface area contributed by atoms with Crippen LogP contribution in [0.4, 0.5) is 11.4 Å². The number of hydrogen-bond acceptors (Lipinski definition) is 2. The minimum absolute atomic E-state index is 0.404. The van der Waals surface area contributed by atoms with Crippen molar-refractivity contribution >= 4 is 23.0 Å². The average Bonchev–Trinajstić information content (AvgIpc) is 2.54. The van der Waals surface area contributed by atoms with E-state index in [0.29, 0.717) is 5.41 Å². The SMILES string of the molecule is CC(C)(C)C1CCCN(c2ccc(N)cc2Cl)CC1. The Labute approximate surface area is 121 Å². The Morgan fingerprint density at radius 3 is 2.58 bits per heavy atom. The van der Waals surface area contributed by atoms with Crippen LogP contribution in [-0.2, 0) is 0 Å². The maximum atomic E-state index is 6.32. The van der Waals surface area contributed by atoms with E-state index in [-0.39, 0.29) is 0 Å². The molecule has 1 fully saturated rings. The highest BCUT2D eigenvalue weighted by atomic mass is 35.5. The third-order valence-corrected chi connectivity index (χ3v) is 4.57. The summed E-state index contributed by atoms with van der Waals surface area (Å²) in [7, 11) is 0. The molecular formula is C16H25ClN2. The van der Waals surface area contributed by atoms with Crippen LogP contribution in [0.25, 0.3) is 0 Å². The molecule has 2 N–H and O–H groups in total. The Hall–Kier alpha value is -0.890. The summed E-state index contributed by atoms with van der Waals surface area (Å²) < 4.78 is 0. The van der Waals surface area contributed by atoms with Gasteiger partial charge in [-0.3, -0.25) is 0 Å². The fourth-order valence-corrected chi connectivity index (χ4v) is 3.29. The summed E-state index contributed by atoms with van der Waals surface area (Å²) in [6.07, 6.45) is 3.79. The van der Waals surface area contributed by atoms with E-state index < -0.39 is 0 Å². The van der Waals surface area contributed by atoms with Gasteiger partial charge >= 0.3 is 0 Å². The highest BCUT2D eigenvalue weighted by Crippen LogP contribution is 2.36. The van der Waals surface area contributed by atoms with Gasteiger partial charge in [-0.15, -0.1) is 0 Å². The summed E-state index contributed by atoms with van der Waals surface area (Å²) in [5.74, 6) is 0.796. The molecule has 1 atom stereocenters. The lowest BCUT2D eigenvalue weighted by atomic mass is 9.77. The van der Waals surface area contributed by atoms with Crippen molar-refractivity contribution in [2.24, 2.45) is 11.3 Å². The Kier molecular flexibility index (Phi) is 4.29. The topological polar surface area (TPSA) is 29.3 Å². The Morgan fingerprint density at radius 1 is 1.21 bits per heavy atom. The summed E-state index contributed by atoms with van der Waals surface area (Å²) in [6, 6.07) is 5.84. The number of nitrogens with two attached hydrogens (primary N) is 1. The van der Waals surface area contributed by atoms with E-state index in [1.807, 2.05) is 12.1 Å². The molecule has 0 bridgehead atoms. The molecule has 0 aliphatic carbocycles. The largest absolute Gasteiger partial charge is 0.399 e. The minimum Gasteiger partial charge on any atom is -0.399 e. The van der Waals surface area contributed by atoms with Crippen LogP contribution in [0.1, 0.15) is 40.0 Å². The molecule has 0 aromatic heterocycles. The number of hydrogen-bond donors (Lipinski definition) is 1. The third-order valence-electron chi connectivity index (χ3n) is 4.27.